The van der Waals surface area contributed by atoms with Gasteiger partial charge in [0.15, 0.2) is 0 Å². The number of nitrogens with zero attached hydrogens (tertiary/aromatic N) is 2. The molecule has 164 valence electrons. The van der Waals surface area contributed by atoms with E-state index in [1.54, 1.807) is 0 Å². The van der Waals surface area contributed by atoms with Gasteiger partial charge in [-0.05, 0) is 55.7 Å². The van der Waals surface area contributed by atoms with E-state index in [-0.39, 0.29) is 17.4 Å². The number of rotatable bonds is 4. The molecule has 2 aromatic rings. The van der Waals surface area contributed by atoms with Gasteiger partial charge in [0.05, 0.1) is 5.69 Å². The van der Waals surface area contributed by atoms with Gasteiger partial charge in [0.2, 0.25) is 0 Å². The first-order valence-corrected chi connectivity index (χ1v) is 12.1. The number of anilines is 1. The van der Waals surface area contributed by atoms with Crippen LogP contribution in [-0.2, 0) is 0 Å². The number of hydrogen-bond donors (Lipinski definition) is 3. The minimum absolute atomic E-state index is 0.0631. The minimum atomic E-state index is -0.0631. The maximum atomic E-state index is 12.9. The van der Waals surface area contributed by atoms with Gasteiger partial charge in [-0.1, -0.05) is 19.1 Å². The van der Waals surface area contributed by atoms with Crippen LogP contribution >= 0.6 is 11.3 Å². The van der Waals surface area contributed by atoms with Gasteiger partial charge in [-0.15, -0.1) is 11.3 Å². The molecule has 31 heavy (non-hydrogen) atoms. The van der Waals surface area contributed by atoms with E-state index in [1.165, 1.54) is 17.0 Å². The van der Waals surface area contributed by atoms with Crippen molar-refractivity contribution in [3.05, 3.63) is 46.6 Å². The van der Waals surface area contributed by atoms with E-state index < -0.39 is 0 Å². The van der Waals surface area contributed by atoms with Crippen LogP contribution in [0.25, 0.3) is 10.2 Å². The van der Waals surface area contributed by atoms with Crippen molar-refractivity contribution in [3.63, 3.8) is 0 Å². The molecule has 6 nitrogen and oxygen atoms in total. The van der Waals surface area contributed by atoms with Crippen LogP contribution in [0.15, 0.2) is 36.1 Å². The van der Waals surface area contributed by atoms with Crippen molar-refractivity contribution in [2.45, 2.75) is 39.2 Å². The second-order valence-electron chi connectivity index (χ2n) is 9.40. The van der Waals surface area contributed by atoms with E-state index in [0.29, 0.717) is 16.5 Å². The summed E-state index contributed by atoms with van der Waals surface area (Å²) in [4.78, 5) is 21.3. The molecule has 7 heteroatoms. The number of thiophene rings is 1. The number of fused-ring (bicyclic) bond motifs is 1. The standard InChI is InChI=1S/C24H31N5OS/c1-15-3-4-19-20(25)21(31-23(19)27-15)22(30)28-17-13-16(14-17)24(2)7-5-18(6-8-24)29-11-9-26-10-12-29/h3-7,16-17,26H,8-14,25H2,1-2H3,(H,28,30). The number of nitrogens with two attached hydrogens (primary N) is 1. The number of pyridine rings is 1. The Morgan fingerprint density at radius 2 is 2.10 bits per heavy atom. The zero-order valence-corrected chi connectivity index (χ0v) is 19.1. The van der Waals surface area contributed by atoms with Crippen LogP contribution in [-0.4, -0.2) is 48.0 Å². The van der Waals surface area contributed by atoms with Gasteiger partial charge in [-0.25, -0.2) is 4.98 Å². The first kappa shape index (κ1) is 20.5. The second-order valence-corrected chi connectivity index (χ2v) is 10.4. The zero-order chi connectivity index (χ0) is 21.6. The van der Waals surface area contributed by atoms with Crippen molar-refractivity contribution < 1.29 is 4.79 Å². The lowest BCUT2D eigenvalue weighted by atomic mass is 9.61. The molecule has 1 atom stereocenters. The molecule has 5 rings (SSSR count). The molecule has 2 aliphatic carbocycles. The minimum Gasteiger partial charge on any atom is -0.397 e. The number of amides is 1. The van der Waals surface area contributed by atoms with E-state index in [1.807, 2.05) is 19.1 Å². The Morgan fingerprint density at radius 1 is 1.32 bits per heavy atom. The number of aromatic nitrogens is 1. The number of aryl methyl sites for hydroxylation is 1. The monoisotopic (exact) mass is 437 g/mol. The number of nitrogens with one attached hydrogen (secondary N) is 2. The van der Waals surface area contributed by atoms with Gasteiger partial charge < -0.3 is 21.3 Å². The van der Waals surface area contributed by atoms with Crippen molar-refractivity contribution in [3.8, 4) is 0 Å². The number of nitrogen functional groups attached to an aromatic ring is 1. The third kappa shape index (κ3) is 3.85. The van der Waals surface area contributed by atoms with Gasteiger partial charge in [-0.2, -0.15) is 0 Å². The summed E-state index contributed by atoms with van der Waals surface area (Å²) in [6, 6.07) is 4.11. The molecule has 1 unspecified atom stereocenters. The molecule has 2 fully saturated rings. The van der Waals surface area contributed by atoms with Crippen molar-refractivity contribution in [1.29, 1.82) is 0 Å². The Balaban J connectivity index is 1.18. The molecule has 3 heterocycles. The van der Waals surface area contributed by atoms with E-state index in [2.05, 4.69) is 45.7 Å². The summed E-state index contributed by atoms with van der Waals surface area (Å²) in [5, 5.41) is 7.49. The van der Waals surface area contributed by atoms with Crippen LogP contribution in [0, 0.1) is 18.3 Å². The predicted molar refractivity (Wildman–Crippen MR) is 127 cm³/mol. The molecule has 3 aliphatic rings. The molecule has 0 spiro atoms. The molecule has 1 saturated heterocycles. The Hall–Kier alpha value is -2.38. The zero-order valence-electron chi connectivity index (χ0n) is 18.3. The number of carbonyl (C=O) groups is 1. The maximum absolute atomic E-state index is 12.9. The average molecular weight is 438 g/mol. The maximum Gasteiger partial charge on any atom is 0.263 e. The summed E-state index contributed by atoms with van der Waals surface area (Å²) in [6.45, 7) is 8.60. The van der Waals surface area contributed by atoms with Crippen LogP contribution in [0.1, 0.15) is 41.6 Å². The summed E-state index contributed by atoms with van der Waals surface area (Å²) >= 11 is 1.39. The normalized spacial score (nSPS) is 28.3. The quantitative estimate of drug-likeness (QED) is 0.682. The average Bonchev–Trinajstić information content (AvgIpc) is 3.07. The van der Waals surface area contributed by atoms with Crippen LogP contribution < -0.4 is 16.4 Å². The molecule has 1 amide bonds. The van der Waals surface area contributed by atoms with Crippen molar-refractivity contribution in [2.24, 2.45) is 11.3 Å². The highest BCUT2D eigenvalue weighted by atomic mass is 32.1. The lowest BCUT2D eigenvalue weighted by molar-refractivity contribution is 0.0775. The van der Waals surface area contributed by atoms with Crippen LogP contribution in [0.2, 0.25) is 0 Å². The third-order valence-corrected chi connectivity index (χ3v) is 8.33. The Bertz CT molecular complexity index is 1060. The molecule has 4 N–H and O–H groups in total. The van der Waals surface area contributed by atoms with Crippen molar-refractivity contribution in [1.82, 2.24) is 20.5 Å². The van der Waals surface area contributed by atoms with Gasteiger partial charge in [-0.3, -0.25) is 4.79 Å². The fourth-order valence-corrected chi connectivity index (χ4v) is 6.02. The SMILES string of the molecule is Cc1ccc2c(N)c(C(=O)NC3CC(C4(C)C=CC(N5CCNCC5)=CC4)C3)sc2n1. The van der Waals surface area contributed by atoms with Crippen molar-refractivity contribution >= 4 is 33.1 Å². The van der Waals surface area contributed by atoms with Crippen LogP contribution in [0.5, 0.6) is 0 Å². The largest absolute Gasteiger partial charge is 0.397 e. The Labute approximate surface area is 187 Å². The van der Waals surface area contributed by atoms with Gasteiger partial charge in [0, 0.05) is 49.0 Å². The molecule has 2 aromatic heterocycles. The van der Waals surface area contributed by atoms with E-state index in [4.69, 9.17) is 5.73 Å². The van der Waals surface area contributed by atoms with Crippen molar-refractivity contribution in [2.75, 3.05) is 31.9 Å². The summed E-state index contributed by atoms with van der Waals surface area (Å²) in [5.41, 5.74) is 9.28. The number of allylic oxidation sites excluding steroid dienone is 3. The lowest BCUT2D eigenvalue weighted by Crippen LogP contribution is -2.49. The first-order valence-electron chi connectivity index (χ1n) is 11.2. The summed E-state index contributed by atoms with van der Waals surface area (Å²) < 4.78 is 0. The first-order chi connectivity index (χ1) is 14.9. The van der Waals surface area contributed by atoms with Crippen LogP contribution in [0.3, 0.4) is 0 Å². The smallest absolute Gasteiger partial charge is 0.263 e. The summed E-state index contributed by atoms with van der Waals surface area (Å²) in [6.07, 6.45) is 10.2. The molecule has 1 aliphatic heterocycles. The highest BCUT2D eigenvalue weighted by Gasteiger charge is 2.42. The fraction of sp³-hybridized carbons (Fsp3) is 0.500. The fourth-order valence-electron chi connectivity index (χ4n) is 4.98. The molecule has 0 bridgehead atoms. The molecular weight excluding hydrogens is 406 g/mol. The number of hydrogen-bond acceptors (Lipinski definition) is 6. The number of carbonyl (C=O) groups excluding carboxylic acids is 1. The predicted octanol–water partition coefficient (Wildman–Crippen LogP) is 3.45. The number of piperazine rings is 1. The van der Waals surface area contributed by atoms with Gasteiger partial charge >= 0.3 is 0 Å². The van der Waals surface area contributed by atoms with Gasteiger partial charge in [0.1, 0.15) is 9.71 Å². The molecule has 0 radical (unpaired) electrons. The summed E-state index contributed by atoms with van der Waals surface area (Å²) in [5.74, 6) is 0.533. The Kier molecular flexibility index (Phi) is 5.26. The molecule has 1 saturated carbocycles. The summed E-state index contributed by atoms with van der Waals surface area (Å²) in [7, 11) is 0. The second kappa shape index (κ2) is 7.95. The lowest BCUT2D eigenvalue weighted by Gasteiger charge is -2.47. The van der Waals surface area contributed by atoms with E-state index >= 15 is 0 Å². The highest BCUT2D eigenvalue weighted by molar-refractivity contribution is 7.21. The van der Waals surface area contributed by atoms with Gasteiger partial charge in [0.25, 0.3) is 5.91 Å². The Morgan fingerprint density at radius 3 is 2.81 bits per heavy atom. The van der Waals surface area contributed by atoms with E-state index in [0.717, 1.165) is 61.4 Å². The highest BCUT2D eigenvalue weighted by Crippen LogP contribution is 2.47. The van der Waals surface area contributed by atoms with E-state index in [9.17, 15) is 4.79 Å². The topological polar surface area (TPSA) is 83.3 Å². The van der Waals surface area contributed by atoms with Crippen LogP contribution in [0.4, 0.5) is 5.69 Å². The third-order valence-electron chi connectivity index (χ3n) is 7.21. The molecule has 0 aromatic carbocycles. The molecular formula is C24H31N5OS.